The molecule has 1 aliphatic heterocycles. The lowest BCUT2D eigenvalue weighted by molar-refractivity contribution is -0.0495. The van der Waals surface area contributed by atoms with Crippen LogP contribution in [0.15, 0.2) is 42.5 Å². The Hall–Kier alpha value is -3.69. The normalized spacial score (nSPS) is 12.3. The third kappa shape index (κ3) is 3.56. The zero-order valence-corrected chi connectivity index (χ0v) is 14.0. The van der Waals surface area contributed by atoms with E-state index >= 15 is 0 Å². The maximum absolute atomic E-state index is 13.3. The van der Waals surface area contributed by atoms with Crippen molar-refractivity contribution in [2.45, 2.75) is 6.61 Å². The summed E-state index contributed by atoms with van der Waals surface area (Å²) in [5, 5.41) is 9.02. The van der Waals surface area contributed by atoms with Crippen molar-refractivity contribution in [1.82, 2.24) is 10.2 Å². The molecule has 0 bridgehead atoms. The average Bonchev–Trinajstić information content (AvgIpc) is 3.31. The smallest absolute Gasteiger partial charge is 0.387 e. The molecule has 1 aliphatic rings. The third-order valence-corrected chi connectivity index (χ3v) is 3.90. The van der Waals surface area contributed by atoms with E-state index in [0.29, 0.717) is 22.8 Å². The predicted octanol–water partition coefficient (Wildman–Crippen LogP) is 3.80. The number of amides is 1. The maximum atomic E-state index is 13.3. The summed E-state index contributed by atoms with van der Waals surface area (Å²) in [5.41, 5.74) is 1.11. The molecular weight excluding hydrogens is 379 g/mol. The fourth-order valence-electron chi connectivity index (χ4n) is 2.62. The fraction of sp³-hybridized carbons (Fsp3) is 0.111. The molecule has 3 aromatic rings. The number of carbonyl (C=O) groups is 1. The van der Waals surface area contributed by atoms with Gasteiger partial charge in [-0.2, -0.15) is 13.9 Å². The fourth-order valence-corrected chi connectivity index (χ4v) is 2.62. The predicted molar refractivity (Wildman–Crippen MR) is 91.1 cm³/mol. The topological polar surface area (TPSA) is 85.5 Å². The summed E-state index contributed by atoms with van der Waals surface area (Å²) in [6.45, 7) is -3.03. The van der Waals surface area contributed by atoms with Crippen LogP contribution in [0.3, 0.4) is 0 Å². The molecular formula is C18H12F3N3O4. The van der Waals surface area contributed by atoms with E-state index in [1.165, 1.54) is 6.07 Å². The van der Waals surface area contributed by atoms with E-state index in [1.54, 1.807) is 18.2 Å². The first-order valence-corrected chi connectivity index (χ1v) is 8.01. The van der Waals surface area contributed by atoms with E-state index in [1.807, 2.05) is 0 Å². The van der Waals surface area contributed by atoms with Crippen molar-refractivity contribution in [3.63, 3.8) is 0 Å². The number of fused-ring (bicyclic) bond motifs is 1. The van der Waals surface area contributed by atoms with Crippen molar-refractivity contribution in [2.24, 2.45) is 0 Å². The van der Waals surface area contributed by atoms with Crippen molar-refractivity contribution >= 4 is 11.6 Å². The van der Waals surface area contributed by atoms with Gasteiger partial charge in [0, 0.05) is 11.6 Å². The molecule has 2 heterocycles. The first kappa shape index (κ1) is 17.7. The van der Waals surface area contributed by atoms with E-state index < -0.39 is 24.1 Å². The van der Waals surface area contributed by atoms with Gasteiger partial charge in [-0.25, -0.2) is 4.39 Å². The van der Waals surface area contributed by atoms with E-state index in [4.69, 9.17) is 9.47 Å². The van der Waals surface area contributed by atoms with Gasteiger partial charge in [0.05, 0.1) is 11.4 Å². The molecule has 7 nitrogen and oxygen atoms in total. The van der Waals surface area contributed by atoms with E-state index in [0.717, 1.165) is 18.2 Å². The Morgan fingerprint density at radius 3 is 2.79 bits per heavy atom. The summed E-state index contributed by atoms with van der Waals surface area (Å²) in [6.07, 6.45) is 0. The number of aromatic nitrogens is 2. The molecule has 0 saturated heterocycles. The second-order valence-corrected chi connectivity index (χ2v) is 5.71. The quantitative estimate of drug-likeness (QED) is 0.691. The molecule has 0 radical (unpaired) electrons. The number of halogens is 3. The SMILES string of the molecule is O=C(Nc1ccc(F)cc1OC(F)F)c1cc(-c2ccc3c(c2)OCO3)n[nH]1. The van der Waals surface area contributed by atoms with Crippen molar-refractivity contribution in [3.8, 4) is 28.5 Å². The number of hydrogen-bond donors (Lipinski definition) is 2. The van der Waals surface area contributed by atoms with Gasteiger partial charge in [-0.15, -0.1) is 0 Å². The summed E-state index contributed by atoms with van der Waals surface area (Å²) in [5.74, 6) is -0.754. The van der Waals surface area contributed by atoms with Crippen LogP contribution in [0.1, 0.15) is 10.5 Å². The number of rotatable bonds is 5. The van der Waals surface area contributed by atoms with Gasteiger partial charge < -0.3 is 19.5 Å². The molecule has 144 valence electrons. The first-order chi connectivity index (χ1) is 13.5. The highest BCUT2D eigenvalue weighted by atomic mass is 19.3. The van der Waals surface area contributed by atoms with Crippen LogP contribution in [-0.4, -0.2) is 29.5 Å². The van der Waals surface area contributed by atoms with Crippen LogP contribution in [0.4, 0.5) is 18.9 Å². The summed E-state index contributed by atoms with van der Waals surface area (Å²) in [4.78, 5) is 12.4. The molecule has 0 aliphatic carbocycles. The van der Waals surface area contributed by atoms with Gasteiger partial charge in [0.25, 0.3) is 5.91 Å². The molecule has 1 aromatic heterocycles. The number of nitrogens with one attached hydrogen (secondary N) is 2. The second-order valence-electron chi connectivity index (χ2n) is 5.71. The molecule has 2 aromatic carbocycles. The third-order valence-electron chi connectivity index (χ3n) is 3.90. The van der Waals surface area contributed by atoms with Gasteiger partial charge in [0.15, 0.2) is 17.2 Å². The number of benzene rings is 2. The Morgan fingerprint density at radius 1 is 1.14 bits per heavy atom. The molecule has 0 spiro atoms. The minimum atomic E-state index is -3.16. The molecule has 0 saturated carbocycles. The highest BCUT2D eigenvalue weighted by Gasteiger charge is 2.18. The molecule has 0 atom stereocenters. The van der Waals surface area contributed by atoms with Crippen molar-refractivity contribution in [1.29, 1.82) is 0 Å². The standard InChI is InChI=1S/C18H12F3N3O4/c19-10-2-3-11(15(6-10)28-18(20)21)22-17(25)13-7-12(23-24-13)9-1-4-14-16(5-9)27-8-26-14/h1-7,18H,8H2,(H,22,25)(H,23,24). The maximum Gasteiger partial charge on any atom is 0.387 e. The zero-order valence-electron chi connectivity index (χ0n) is 14.0. The highest BCUT2D eigenvalue weighted by Crippen LogP contribution is 2.35. The lowest BCUT2D eigenvalue weighted by atomic mass is 10.1. The van der Waals surface area contributed by atoms with Gasteiger partial charge in [-0.1, -0.05) is 0 Å². The van der Waals surface area contributed by atoms with Crippen molar-refractivity contribution < 1.29 is 32.2 Å². The van der Waals surface area contributed by atoms with E-state index in [2.05, 4.69) is 20.3 Å². The van der Waals surface area contributed by atoms with Crippen molar-refractivity contribution in [3.05, 3.63) is 54.0 Å². The number of anilines is 1. The minimum absolute atomic E-state index is 0.0694. The lowest BCUT2D eigenvalue weighted by Gasteiger charge is -2.11. The average molecular weight is 391 g/mol. The van der Waals surface area contributed by atoms with Gasteiger partial charge in [-0.3, -0.25) is 9.89 Å². The Kier molecular flexibility index (Phi) is 4.52. The molecule has 0 fully saturated rings. The molecule has 10 heteroatoms. The lowest BCUT2D eigenvalue weighted by Crippen LogP contribution is -2.14. The van der Waals surface area contributed by atoms with Crippen LogP contribution in [-0.2, 0) is 0 Å². The van der Waals surface area contributed by atoms with Crippen LogP contribution in [0.2, 0.25) is 0 Å². The number of ether oxygens (including phenoxy) is 3. The highest BCUT2D eigenvalue weighted by molar-refractivity contribution is 6.04. The number of aromatic amines is 1. The number of hydrogen-bond acceptors (Lipinski definition) is 5. The Morgan fingerprint density at radius 2 is 1.96 bits per heavy atom. The van der Waals surface area contributed by atoms with Gasteiger partial charge in [-0.05, 0) is 36.4 Å². The Bertz CT molecular complexity index is 1040. The summed E-state index contributed by atoms with van der Waals surface area (Å²) < 4.78 is 53.0. The Balaban J connectivity index is 1.54. The molecule has 0 unspecified atom stereocenters. The van der Waals surface area contributed by atoms with Crippen LogP contribution >= 0.6 is 0 Å². The van der Waals surface area contributed by atoms with Gasteiger partial charge >= 0.3 is 6.61 Å². The summed E-state index contributed by atoms with van der Waals surface area (Å²) >= 11 is 0. The number of nitrogens with zero attached hydrogens (tertiary/aromatic N) is 1. The van der Waals surface area contributed by atoms with Crippen LogP contribution in [0.25, 0.3) is 11.3 Å². The molecule has 4 rings (SSSR count). The van der Waals surface area contributed by atoms with Crippen LogP contribution in [0, 0.1) is 5.82 Å². The van der Waals surface area contributed by atoms with Gasteiger partial charge in [0.2, 0.25) is 6.79 Å². The monoisotopic (exact) mass is 391 g/mol. The van der Waals surface area contributed by atoms with Crippen molar-refractivity contribution in [2.75, 3.05) is 12.1 Å². The summed E-state index contributed by atoms with van der Waals surface area (Å²) in [6, 6.07) is 9.56. The first-order valence-electron chi connectivity index (χ1n) is 8.01. The largest absolute Gasteiger partial charge is 0.454 e. The van der Waals surface area contributed by atoms with Gasteiger partial charge in [0.1, 0.15) is 11.5 Å². The zero-order chi connectivity index (χ0) is 19.7. The number of alkyl halides is 2. The molecule has 2 N–H and O–H groups in total. The molecule has 28 heavy (non-hydrogen) atoms. The minimum Gasteiger partial charge on any atom is -0.454 e. The number of H-pyrrole nitrogens is 1. The molecule has 1 amide bonds. The summed E-state index contributed by atoms with van der Waals surface area (Å²) in [7, 11) is 0. The van der Waals surface area contributed by atoms with E-state index in [9.17, 15) is 18.0 Å². The Labute approximate surface area is 156 Å². The van der Waals surface area contributed by atoms with Crippen LogP contribution in [0.5, 0.6) is 17.2 Å². The second kappa shape index (κ2) is 7.14. The number of carbonyl (C=O) groups excluding carboxylic acids is 1. The van der Waals surface area contributed by atoms with Crippen LogP contribution < -0.4 is 19.5 Å². The van der Waals surface area contributed by atoms with E-state index in [-0.39, 0.29) is 18.2 Å².